The topological polar surface area (TPSA) is 6.48 Å². The van der Waals surface area contributed by atoms with Gasteiger partial charge in [0.25, 0.3) is 0 Å². The predicted molar refractivity (Wildman–Crippen MR) is 104 cm³/mol. The minimum atomic E-state index is 0.735. The molecule has 2 nitrogen and oxygen atoms in total. The van der Waals surface area contributed by atoms with Crippen LogP contribution in [0, 0.1) is 17.8 Å². The van der Waals surface area contributed by atoms with Crippen molar-refractivity contribution in [3.8, 4) is 0 Å². The molecule has 1 unspecified atom stereocenters. The molecule has 0 amide bonds. The van der Waals surface area contributed by atoms with E-state index in [9.17, 15) is 0 Å². The molecule has 0 bridgehead atoms. The molecule has 0 aromatic carbocycles. The van der Waals surface area contributed by atoms with Gasteiger partial charge in [0.05, 0.1) is 0 Å². The van der Waals surface area contributed by atoms with Gasteiger partial charge < -0.3 is 9.80 Å². The standard InChI is InChI=1S/C11H21N.C10H19N/c1-5-10-6-7-12(4)8-11(10)9(2)3;1-8(2)10-5-6-11(4)7-9(10)3/h9H,5-8H2,1-4H3;5,8-9H,6-7H2,1-4H3. The zero-order chi connectivity index (χ0) is 17.6. The van der Waals surface area contributed by atoms with Gasteiger partial charge in [0.1, 0.15) is 0 Å². The van der Waals surface area contributed by atoms with Crippen molar-refractivity contribution in [1.82, 2.24) is 9.80 Å². The fourth-order valence-electron chi connectivity index (χ4n) is 3.88. The molecule has 0 aliphatic carbocycles. The lowest BCUT2D eigenvalue weighted by Crippen LogP contribution is -2.31. The summed E-state index contributed by atoms with van der Waals surface area (Å²) in [6.07, 6.45) is 4.93. The van der Waals surface area contributed by atoms with Gasteiger partial charge in [-0.05, 0) is 44.7 Å². The summed E-state index contributed by atoms with van der Waals surface area (Å²) < 4.78 is 0. The zero-order valence-electron chi connectivity index (χ0n) is 16.9. The van der Waals surface area contributed by atoms with Crippen molar-refractivity contribution in [2.75, 3.05) is 40.3 Å². The van der Waals surface area contributed by atoms with Crippen molar-refractivity contribution in [1.29, 1.82) is 0 Å². The van der Waals surface area contributed by atoms with Crippen molar-refractivity contribution in [3.05, 3.63) is 22.8 Å². The first-order valence-corrected chi connectivity index (χ1v) is 9.54. The quantitative estimate of drug-likeness (QED) is 0.687. The van der Waals surface area contributed by atoms with Crippen molar-refractivity contribution >= 4 is 0 Å². The highest BCUT2D eigenvalue weighted by atomic mass is 15.1. The van der Waals surface area contributed by atoms with Crippen molar-refractivity contribution in [2.24, 2.45) is 17.8 Å². The van der Waals surface area contributed by atoms with Crippen LogP contribution in [-0.4, -0.2) is 50.1 Å². The number of nitrogens with zero attached hydrogens (tertiary/aromatic N) is 2. The number of hydrogen-bond acceptors (Lipinski definition) is 2. The van der Waals surface area contributed by atoms with E-state index in [-0.39, 0.29) is 0 Å². The predicted octanol–water partition coefficient (Wildman–Crippen LogP) is 4.83. The summed E-state index contributed by atoms with van der Waals surface area (Å²) in [6, 6.07) is 0. The number of rotatable bonds is 3. The van der Waals surface area contributed by atoms with Crippen LogP contribution in [0.1, 0.15) is 54.4 Å². The second kappa shape index (κ2) is 9.64. The van der Waals surface area contributed by atoms with Crippen LogP contribution in [0.5, 0.6) is 0 Å². The molecule has 2 heteroatoms. The minimum absolute atomic E-state index is 0.735. The van der Waals surface area contributed by atoms with E-state index >= 15 is 0 Å². The Kier molecular flexibility index (Phi) is 8.57. The first-order chi connectivity index (χ1) is 10.8. The van der Waals surface area contributed by atoms with Gasteiger partial charge in [-0.15, -0.1) is 0 Å². The minimum Gasteiger partial charge on any atom is -0.302 e. The summed E-state index contributed by atoms with van der Waals surface area (Å²) in [4.78, 5) is 4.80. The van der Waals surface area contributed by atoms with E-state index in [0.29, 0.717) is 0 Å². The molecule has 0 spiro atoms. The molecule has 0 radical (unpaired) electrons. The van der Waals surface area contributed by atoms with Crippen LogP contribution in [-0.2, 0) is 0 Å². The first-order valence-electron chi connectivity index (χ1n) is 9.54. The van der Waals surface area contributed by atoms with Crippen molar-refractivity contribution in [2.45, 2.75) is 54.4 Å². The summed E-state index contributed by atoms with van der Waals surface area (Å²) in [5.41, 5.74) is 5.04. The molecule has 2 heterocycles. The Morgan fingerprint density at radius 1 is 1.09 bits per heavy atom. The third-order valence-corrected chi connectivity index (χ3v) is 5.27. The molecule has 0 aromatic rings. The van der Waals surface area contributed by atoms with Gasteiger partial charge in [-0.1, -0.05) is 64.3 Å². The van der Waals surface area contributed by atoms with Crippen LogP contribution in [0.15, 0.2) is 22.8 Å². The maximum Gasteiger partial charge on any atom is 0.0195 e. The highest BCUT2D eigenvalue weighted by Gasteiger charge is 2.18. The Morgan fingerprint density at radius 3 is 2.22 bits per heavy atom. The van der Waals surface area contributed by atoms with Gasteiger partial charge in [-0.2, -0.15) is 0 Å². The molecule has 134 valence electrons. The lowest BCUT2D eigenvalue weighted by Gasteiger charge is -2.29. The summed E-state index contributed by atoms with van der Waals surface area (Å²) in [6.45, 7) is 18.6. The Balaban J connectivity index is 0.000000231. The van der Waals surface area contributed by atoms with E-state index < -0.39 is 0 Å². The normalized spacial score (nSPS) is 23.9. The van der Waals surface area contributed by atoms with Crippen LogP contribution in [0.2, 0.25) is 0 Å². The monoisotopic (exact) mass is 320 g/mol. The molecule has 0 saturated heterocycles. The molecule has 0 fully saturated rings. The van der Waals surface area contributed by atoms with Crippen LogP contribution in [0.4, 0.5) is 0 Å². The van der Waals surface area contributed by atoms with Gasteiger partial charge in [0.15, 0.2) is 0 Å². The van der Waals surface area contributed by atoms with E-state index in [1.54, 1.807) is 16.7 Å². The Hall–Kier alpha value is -0.600. The molecule has 1 atom stereocenters. The van der Waals surface area contributed by atoms with Gasteiger partial charge in [-0.3, -0.25) is 0 Å². The number of hydrogen-bond donors (Lipinski definition) is 0. The van der Waals surface area contributed by atoms with Crippen LogP contribution < -0.4 is 0 Å². The highest BCUT2D eigenvalue weighted by Crippen LogP contribution is 2.25. The average molecular weight is 321 g/mol. The molecule has 23 heavy (non-hydrogen) atoms. The Labute approximate surface area is 145 Å². The van der Waals surface area contributed by atoms with Crippen molar-refractivity contribution < 1.29 is 0 Å². The molecule has 0 saturated carbocycles. The fraction of sp³-hybridized carbons (Fsp3) is 0.810. The summed E-state index contributed by atoms with van der Waals surface area (Å²) >= 11 is 0. The van der Waals surface area contributed by atoms with E-state index in [1.807, 2.05) is 0 Å². The van der Waals surface area contributed by atoms with Gasteiger partial charge in [-0.25, -0.2) is 0 Å². The molecule has 0 N–H and O–H groups in total. The molecular weight excluding hydrogens is 280 g/mol. The van der Waals surface area contributed by atoms with Crippen molar-refractivity contribution in [3.63, 3.8) is 0 Å². The lowest BCUT2D eigenvalue weighted by molar-refractivity contribution is 0.301. The van der Waals surface area contributed by atoms with Gasteiger partial charge >= 0.3 is 0 Å². The Morgan fingerprint density at radius 2 is 1.74 bits per heavy atom. The molecule has 0 aromatic heterocycles. The highest BCUT2D eigenvalue weighted by molar-refractivity contribution is 5.20. The lowest BCUT2D eigenvalue weighted by atomic mass is 9.88. The maximum absolute atomic E-state index is 2.43. The summed E-state index contributed by atoms with van der Waals surface area (Å²) in [5, 5.41) is 0. The average Bonchev–Trinajstić information content (AvgIpc) is 2.47. The molecule has 2 rings (SSSR count). The van der Waals surface area contributed by atoms with E-state index in [2.05, 4.69) is 71.5 Å². The smallest absolute Gasteiger partial charge is 0.0195 e. The fourth-order valence-corrected chi connectivity index (χ4v) is 3.88. The first kappa shape index (κ1) is 20.4. The third-order valence-electron chi connectivity index (χ3n) is 5.27. The van der Waals surface area contributed by atoms with Crippen LogP contribution >= 0.6 is 0 Å². The summed E-state index contributed by atoms with van der Waals surface area (Å²) in [7, 11) is 4.40. The third kappa shape index (κ3) is 6.43. The van der Waals surface area contributed by atoms with Gasteiger partial charge in [0, 0.05) is 26.2 Å². The van der Waals surface area contributed by atoms with Gasteiger partial charge in [0.2, 0.25) is 0 Å². The van der Waals surface area contributed by atoms with E-state index in [1.165, 1.54) is 32.5 Å². The largest absolute Gasteiger partial charge is 0.302 e. The molecular formula is C21H40N2. The molecule has 2 aliphatic rings. The Bertz CT molecular complexity index is 418. The zero-order valence-corrected chi connectivity index (χ0v) is 16.9. The summed E-state index contributed by atoms with van der Waals surface area (Å²) in [5.74, 6) is 2.23. The van der Waals surface area contributed by atoms with Crippen LogP contribution in [0.3, 0.4) is 0 Å². The van der Waals surface area contributed by atoms with Crippen LogP contribution in [0.25, 0.3) is 0 Å². The van der Waals surface area contributed by atoms with E-state index in [0.717, 1.165) is 24.3 Å². The molecule has 2 aliphatic heterocycles. The second-order valence-corrected chi connectivity index (χ2v) is 8.11. The maximum atomic E-state index is 2.43. The SMILES string of the molecule is CC(C)C1=CCN(C)CC1C.CCC1=C(C(C)C)CN(C)CC1. The second-order valence-electron chi connectivity index (χ2n) is 8.11. The number of likely N-dealkylation sites (N-methyl/N-ethyl adjacent to an activating group) is 2. The van der Waals surface area contributed by atoms with E-state index in [4.69, 9.17) is 0 Å².